The highest BCUT2D eigenvalue weighted by Gasteiger charge is 2.07. The van der Waals surface area contributed by atoms with E-state index in [-0.39, 0.29) is 5.38 Å². The van der Waals surface area contributed by atoms with Gasteiger partial charge in [0, 0.05) is 30.9 Å². The summed E-state index contributed by atoms with van der Waals surface area (Å²) in [6.07, 6.45) is 0.984. The molecule has 1 heterocycles. The van der Waals surface area contributed by atoms with Crippen LogP contribution in [0.25, 0.3) is 10.9 Å². The van der Waals surface area contributed by atoms with Crippen molar-refractivity contribution in [2.45, 2.75) is 25.3 Å². The third-order valence-corrected chi connectivity index (χ3v) is 3.40. The second-order valence-corrected chi connectivity index (χ2v) is 4.84. The van der Waals surface area contributed by atoms with Gasteiger partial charge in [-0.05, 0) is 12.5 Å². The minimum atomic E-state index is 0.199. The maximum absolute atomic E-state index is 6.07. The number of aryl methyl sites for hydroxylation is 1. The molecule has 92 valence electrons. The summed E-state index contributed by atoms with van der Waals surface area (Å²) >= 11 is 6.07. The standard InChI is InChI=1S/C13H18ClN3/c1-3-10(14)8-15-9-12-11-6-4-5-7-13(11)17(2)16-12/h4-7,10,15H,3,8-9H2,1-2H3. The van der Waals surface area contributed by atoms with Gasteiger partial charge in [-0.15, -0.1) is 11.6 Å². The van der Waals surface area contributed by atoms with Crippen LogP contribution in [0.4, 0.5) is 0 Å². The summed E-state index contributed by atoms with van der Waals surface area (Å²) in [5.41, 5.74) is 2.25. The van der Waals surface area contributed by atoms with Crippen molar-refractivity contribution in [2.75, 3.05) is 6.54 Å². The zero-order chi connectivity index (χ0) is 12.3. The molecular weight excluding hydrogens is 234 g/mol. The quantitative estimate of drug-likeness (QED) is 0.828. The van der Waals surface area contributed by atoms with E-state index in [4.69, 9.17) is 11.6 Å². The number of nitrogens with zero attached hydrogens (tertiary/aromatic N) is 2. The average molecular weight is 252 g/mol. The Morgan fingerprint density at radius 1 is 1.41 bits per heavy atom. The van der Waals surface area contributed by atoms with Gasteiger partial charge in [0.2, 0.25) is 0 Å². The lowest BCUT2D eigenvalue weighted by Gasteiger charge is -2.06. The second-order valence-electron chi connectivity index (χ2n) is 4.22. The molecular formula is C13H18ClN3. The molecule has 3 nitrogen and oxygen atoms in total. The summed E-state index contributed by atoms with van der Waals surface area (Å²) in [7, 11) is 1.97. The first-order chi connectivity index (χ1) is 8.22. The predicted octanol–water partition coefficient (Wildman–Crippen LogP) is 2.68. The SMILES string of the molecule is CCC(Cl)CNCc1nn(C)c2ccccc12. The molecule has 0 aliphatic carbocycles. The number of hydrogen-bond donors (Lipinski definition) is 1. The molecule has 1 N–H and O–H groups in total. The van der Waals surface area contributed by atoms with Crippen LogP contribution in [-0.2, 0) is 13.6 Å². The third kappa shape index (κ3) is 2.79. The van der Waals surface area contributed by atoms with Gasteiger partial charge in [-0.1, -0.05) is 25.1 Å². The van der Waals surface area contributed by atoms with Crippen LogP contribution in [0.2, 0.25) is 0 Å². The highest BCUT2D eigenvalue weighted by molar-refractivity contribution is 6.20. The number of aromatic nitrogens is 2. The van der Waals surface area contributed by atoms with Crippen molar-refractivity contribution in [1.29, 1.82) is 0 Å². The molecule has 0 saturated carbocycles. The molecule has 0 aliphatic heterocycles. The Bertz CT molecular complexity index is 492. The summed E-state index contributed by atoms with van der Waals surface area (Å²) in [4.78, 5) is 0. The van der Waals surface area contributed by atoms with Crippen molar-refractivity contribution < 1.29 is 0 Å². The Morgan fingerprint density at radius 3 is 2.94 bits per heavy atom. The number of alkyl halides is 1. The number of rotatable bonds is 5. The third-order valence-electron chi connectivity index (χ3n) is 2.94. The zero-order valence-corrected chi connectivity index (χ0v) is 11.0. The molecule has 2 aromatic rings. The largest absolute Gasteiger partial charge is 0.310 e. The van der Waals surface area contributed by atoms with Gasteiger partial charge in [0.25, 0.3) is 0 Å². The summed E-state index contributed by atoms with van der Waals surface area (Å²) in [5, 5.41) is 9.29. The lowest BCUT2D eigenvalue weighted by Crippen LogP contribution is -2.22. The van der Waals surface area contributed by atoms with E-state index in [9.17, 15) is 0 Å². The van der Waals surface area contributed by atoms with E-state index in [1.54, 1.807) is 0 Å². The fraction of sp³-hybridized carbons (Fsp3) is 0.462. The molecule has 0 radical (unpaired) electrons. The van der Waals surface area contributed by atoms with Crippen molar-refractivity contribution in [3.05, 3.63) is 30.0 Å². The molecule has 4 heteroatoms. The van der Waals surface area contributed by atoms with E-state index in [1.165, 1.54) is 10.9 Å². The molecule has 1 aromatic heterocycles. The highest BCUT2D eigenvalue weighted by atomic mass is 35.5. The van der Waals surface area contributed by atoms with E-state index in [1.807, 2.05) is 23.9 Å². The van der Waals surface area contributed by atoms with Crippen molar-refractivity contribution >= 4 is 22.5 Å². The minimum absolute atomic E-state index is 0.199. The summed E-state index contributed by atoms with van der Waals surface area (Å²) in [6.45, 7) is 3.68. The fourth-order valence-electron chi connectivity index (χ4n) is 1.91. The summed E-state index contributed by atoms with van der Waals surface area (Å²) in [5.74, 6) is 0. The topological polar surface area (TPSA) is 29.9 Å². The van der Waals surface area contributed by atoms with Gasteiger partial charge in [-0.2, -0.15) is 5.10 Å². The number of hydrogen-bond acceptors (Lipinski definition) is 2. The van der Waals surface area contributed by atoms with Gasteiger partial charge in [-0.25, -0.2) is 0 Å². The molecule has 17 heavy (non-hydrogen) atoms. The average Bonchev–Trinajstić information content (AvgIpc) is 2.67. The molecule has 1 aromatic carbocycles. The Morgan fingerprint density at radius 2 is 2.18 bits per heavy atom. The number of halogens is 1. The van der Waals surface area contributed by atoms with E-state index >= 15 is 0 Å². The van der Waals surface area contributed by atoms with E-state index in [0.29, 0.717) is 0 Å². The molecule has 0 bridgehead atoms. The van der Waals surface area contributed by atoms with Crippen LogP contribution < -0.4 is 5.32 Å². The molecule has 0 fully saturated rings. The zero-order valence-electron chi connectivity index (χ0n) is 10.3. The van der Waals surface area contributed by atoms with Crippen LogP contribution in [0.5, 0.6) is 0 Å². The van der Waals surface area contributed by atoms with Crippen LogP contribution in [0.1, 0.15) is 19.0 Å². The predicted molar refractivity (Wildman–Crippen MR) is 72.4 cm³/mol. The fourth-order valence-corrected chi connectivity index (χ4v) is 2.02. The number of fused-ring (bicyclic) bond motifs is 1. The molecule has 0 spiro atoms. The second kappa shape index (κ2) is 5.52. The monoisotopic (exact) mass is 251 g/mol. The van der Waals surface area contributed by atoms with Crippen molar-refractivity contribution in [3.63, 3.8) is 0 Å². The van der Waals surface area contributed by atoms with Crippen molar-refractivity contribution in [2.24, 2.45) is 7.05 Å². The van der Waals surface area contributed by atoms with Crippen LogP contribution in [0.3, 0.4) is 0 Å². The molecule has 2 rings (SSSR count). The Labute approximate surface area is 107 Å². The number of nitrogens with one attached hydrogen (secondary N) is 1. The van der Waals surface area contributed by atoms with Gasteiger partial charge in [0.15, 0.2) is 0 Å². The van der Waals surface area contributed by atoms with Crippen molar-refractivity contribution in [1.82, 2.24) is 15.1 Å². The maximum atomic E-state index is 6.07. The number of benzene rings is 1. The van der Waals surface area contributed by atoms with Crippen LogP contribution >= 0.6 is 11.6 Å². The van der Waals surface area contributed by atoms with Crippen molar-refractivity contribution in [3.8, 4) is 0 Å². The number of para-hydroxylation sites is 1. The normalized spacial score (nSPS) is 13.1. The van der Waals surface area contributed by atoms with E-state index in [2.05, 4.69) is 29.5 Å². The Kier molecular flexibility index (Phi) is 4.02. The van der Waals surface area contributed by atoms with Crippen LogP contribution in [0, 0.1) is 0 Å². The van der Waals surface area contributed by atoms with Gasteiger partial charge < -0.3 is 5.32 Å². The van der Waals surface area contributed by atoms with Crippen LogP contribution in [-0.4, -0.2) is 21.7 Å². The molecule has 0 aliphatic rings. The highest BCUT2D eigenvalue weighted by Crippen LogP contribution is 2.17. The van der Waals surface area contributed by atoms with E-state index in [0.717, 1.165) is 25.2 Å². The first kappa shape index (κ1) is 12.4. The molecule has 0 amide bonds. The molecule has 0 saturated heterocycles. The lowest BCUT2D eigenvalue weighted by molar-refractivity contribution is 0.630. The Balaban J connectivity index is 2.09. The van der Waals surface area contributed by atoms with E-state index < -0.39 is 0 Å². The van der Waals surface area contributed by atoms with Gasteiger partial charge >= 0.3 is 0 Å². The van der Waals surface area contributed by atoms with Crippen LogP contribution in [0.15, 0.2) is 24.3 Å². The van der Waals surface area contributed by atoms with Gasteiger partial charge in [-0.3, -0.25) is 4.68 Å². The minimum Gasteiger partial charge on any atom is -0.310 e. The lowest BCUT2D eigenvalue weighted by atomic mass is 10.2. The smallest absolute Gasteiger partial charge is 0.0841 e. The maximum Gasteiger partial charge on any atom is 0.0841 e. The molecule has 1 unspecified atom stereocenters. The Hall–Kier alpha value is -1.06. The molecule has 1 atom stereocenters. The summed E-state index contributed by atoms with van der Waals surface area (Å²) < 4.78 is 1.92. The van der Waals surface area contributed by atoms with Gasteiger partial charge in [0.1, 0.15) is 0 Å². The summed E-state index contributed by atoms with van der Waals surface area (Å²) in [6, 6.07) is 8.27. The first-order valence-corrected chi connectivity index (χ1v) is 6.41. The first-order valence-electron chi connectivity index (χ1n) is 5.97. The van der Waals surface area contributed by atoms with Gasteiger partial charge in [0.05, 0.1) is 11.2 Å².